The molecular weight excluding hydrogens is 1410 g/mol. The van der Waals surface area contributed by atoms with E-state index in [1.54, 1.807) is 36.4 Å². The van der Waals surface area contributed by atoms with Crippen molar-refractivity contribution in [3.05, 3.63) is 266 Å². The minimum Gasteiger partial charge on any atom is -0.743 e. The van der Waals surface area contributed by atoms with Crippen LogP contribution in [0.4, 0.5) is 17.6 Å². The van der Waals surface area contributed by atoms with E-state index in [1.165, 1.54) is 41.5 Å². The highest BCUT2D eigenvalue weighted by atomic mass is 32.2. The first-order valence-electron chi connectivity index (χ1n) is 32.0. The van der Waals surface area contributed by atoms with Gasteiger partial charge in [-0.25, -0.2) is 26.4 Å². The molecule has 2 aliphatic heterocycles. The average Bonchev–Trinajstić information content (AvgIpc) is 1.55. The van der Waals surface area contributed by atoms with E-state index in [-0.39, 0.29) is 45.8 Å². The second-order valence-electron chi connectivity index (χ2n) is 24.6. The molecule has 6 fully saturated rings. The maximum Gasteiger partial charge on any atom is 0.367 e. The summed E-state index contributed by atoms with van der Waals surface area (Å²) in [6, 6.07) is 84.5. The van der Waals surface area contributed by atoms with Gasteiger partial charge in [0, 0.05) is 23.7 Å². The molecule has 4 bridgehead atoms. The number of hydrogen-bond acceptors (Lipinski definition) is 18. The summed E-state index contributed by atoms with van der Waals surface area (Å²) in [5, 5.41) is -7.92. The Hall–Kier alpha value is -9.70. The third-order valence-electron chi connectivity index (χ3n) is 18.5. The van der Waals surface area contributed by atoms with E-state index in [1.807, 2.05) is 24.3 Å². The van der Waals surface area contributed by atoms with Gasteiger partial charge in [0.05, 0.1) is 56.6 Å². The first-order valence-corrected chi connectivity index (χ1v) is 37.3. The summed E-state index contributed by atoms with van der Waals surface area (Å²) in [7, 11) is -12.1. The van der Waals surface area contributed by atoms with Crippen molar-refractivity contribution in [3.63, 3.8) is 0 Å². The van der Waals surface area contributed by atoms with Gasteiger partial charge in [-0.2, -0.15) is 17.6 Å². The molecule has 0 N–H and O–H groups in total. The lowest BCUT2D eigenvalue weighted by Crippen LogP contribution is -2.44. The molecule has 0 radical (unpaired) electrons. The molecule has 18 nitrogen and oxygen atoms in total. The highest BCUT2D eigenvalue weighted by molar-refractivity contribution is 7.97. The topological polar surface area (TPSA) is 272 Å². The predicted octanol–water partition coefficient (Wildman–Crippen LogP) is 12.1. The van der Waals surface area contributed by atoms with Crippen LogP contribution in [0, 0.1) is 47.3 Å². The predicted molar refractivity (Wildman–Crippen MR) is 360 cm³/mol. The third-order valence-corrected chi connectivity index (χ3v) is 24.6. The molecule has 2 saturated heterocycles. The molecule has 12 unspecified atom stereocenters. The van der Waals surface area contributed by atoms with Crippen LogP contribution in [0.2, 0.25) is 0 Å². The van der Waals surface area contributed by atoms with Gasteiger partial charge in [0.15, 0.2) is 62.8 Å². The molecule has 15 rings (SSSR count). The quantitative estimate of drug-likeness (QED) is 0.0254. The Labute approximate surface area is 589 Å². The molecule has 4 saturated carbocycles. The highest BCUT2D eigenvalue weighted by Gasteiger charge is 2.72. The zero-order valence-electron chi connectivity index (χ0n) is 53.5. The molecule has 4 aliphatic carbocycles. The van der Waals surface area contributed by atoms with E-state index in [4.69, 9.17) is 18.9 Å². The molecule has 0 aromatic heterocycles. The summed E-state index contributed by atoms with van der Waals surface area (Å²) in [6.07, 6.45) is -3.00. The van der Waals surface area contributed by atoms with Crippen molar-refractivity contribution in [1.82, 2.24) is 0 Å². The van der Waals surface area contributed by atoms with Crippen LogP contribution in [0.5, 0.6) is 0 Å². The zero-order valence-corrected chi connectivity index (χ0v) is 56.8. The maximum absolute atomic E-state index is 13.4. The first kappa shape index (κ1) is 72.1. The fraction of sp³-hybridized carbons (Fsp3) is 0.237. The average molecular weight is 1470 g/mol. The highest BCUT2D eigenvalue weighted by Crippen LogP contribution is 2.60. The SMILES string of the molecule is O=C(OC1C2CC3C1OC(=O)C3C2C(=O)OCC(F)(F)S(=O)(=O)[O-])c1ccc2ccccc2c1.O=C(OC1C2CC3C1OC(=O)C3C2C(=O)OCC(F)(F)S(=O)(=O)[O-])c1ccccc1.c1ccc([S+](c2ccccc2)c2ccccc2)cc1.c1ccc([S+](c2ccccc2)c2ccccc2)cc1. The van der Waals surface area contributed by atoms with Gasteiger partial charge in [-0.15, -0.1) is 0 Å². The molecule has 9 aromatic rings. The number of fused-ring (bicyclic) bond motifs is 3. The summed E-state index contributed by atoms with van der Waals surface area (Å²) < 4.78 is 148. The number of hydrogen-bond donors (Lipinski definition) is 0. The van der Waals surface area contributed by atoms with Crippen LogP contribution in [-0.4, -0.2) is 110 Å². The minimum atomic E-state index is -6.05. The summed E-state index contributed by atoms with van der Waals surface area (Å²) in [5.74, 6) is -12.3. The number of halogens is 4. The third kappa shape index (κ3) is 15.4. The number of esters is 6. The number of alkyl halides is 4. The Morgan fingerprint density at radius 1 is 0.402 bits per heavy atom. The van der Waals surface area contributed by atoms with E-state index in [0.717, 1.165) is 10.8 Å². The van der Waals surface area contributed by atoms with Crippen molar-refractivity contribution < 1.29 is 101 Å². The van der Waals surface area contributed by atoms with Crippen molar-refractivity contribution in [2.45, 2.75) is 77.1 Å². The van der Waals surface area contributed by atoms with E-state index in [9.17, 15) is 72.3 Å². The Morgan fingerprint density at radius 2 is 0.696 bits per heavy atom. The van der Waals surface area contributed by atoms with Gasteiger partial charge >= 0.3 is 46.3 Å². The molecule has 9 aromatic carbocycles. The minimum absolute atomic E-state index is 0.0146. The second kappa shape index (κ2) is 30.5. The number of rotatable bonds is 18. The van der Waals surface area contributed by atoms with Crippen LogP contribution < -0.4 is 0 Å². The smallest absolute Gasteiger partial charge is 0.367 e. The van der Waals surface area contributed by atoms with E-state index < -0.39 is 152 Å². The number of carbonyl (C=O) groups is 6. The van der Waals surface area contributed by atoms with E-state index >= 15 is 0 Å². The molecular formula is C76H62F4O18S4. The number of ether oxygens (including phenoxy) is 6. The van der Waals surface area contributed by atoms with Crippen molar-refractivity contribution >= 4 is 88.6 Å². The molecule has 0 amide bonds. The van der Waals surface area contributed by atoms with E-state index in [0.29, 0.717) is 0 Å². The van der Waals surface area contributed by atoms with Crippen LogP contribution in [0.25, 0.3) is 10.8 Å². The molecule has 26 heteroatoms. The molecule has 12 atom stereocenters. The van der Waals surface area contributed by atoms with Crippen molar-refractivity contribution in [2.75, 3.05) is 13.2 Å². The molecule has 2 heterocycles. The fourth-order valence-corrected chi connectivity index (χ4v) is 18.6. The molecule has 0 spiro atoms. The lowest BCUT2D eigenvalue weighted by Gasteiger charge is -2.30. The van der Waals surface area contributed by atoms with E-state index in [2.05, 4.69) is 191 Å². The van der Waals surface area contributed by atoms with Gasteiger partial charge < -0.3 is 37.5 Å². The summed E-state index contributed by atoms with van der Waals surface area (Å²) in [4.78, 5) is 83.0. The Bertz CT molecular complexity index is 4430. The van der Waals surface area contributed by atoms with Crippen molar-refractivity contribution in [3.8, 4) is 0 Å². The van der Waals surface area contributed by atoms with Crippen molar-refractivity contribution in [2.24, 2.45) is 47.3 Å². The van der Waals surface area contributed by atoms with Gasteiger partial charge in [0.2, 0.25) is 0 Å². The Kier molecular flexibility index (Phi) is 21.5. The van der Waals surface area contributed by atoms with Crippen LogP contribution >= 0.6 is 0 Å². The van der Waals surface area contributed by atoms with Gasteiger partial charge in [-0.3, -0.25) is 19.2 Å². The Morgan fingerprint density at radius 3 is 1.02 bits per heavy atom. The largest absolute Gasteiger partial charge is 0.743 e. The standard InChI is InChI=1S/C22H18F2O9S.C18H16F2O9S.2C18H15S/c23-22(24,34(28,29)30)9-31-20(26)15-13-8-14-16(15)21(27)33-18(14)17(13)32-19(25)12-6-5-10-3-1-2-4-11(10)7-12;19-18(20,30(24,25)26)7-27-16(22)11-9-6-10-12(11)17(23)29-14(10)13(9)28-15(21)8-4-2-1-3-5-8;2*1-4-10-16(11-5-1)19(17-12-6-2-7-13-17)18-14-8-3-9-15-18/h1-7,13-18H,8-9H2,(H,28,29,30);1-5,9-14H,6-7H2,(H,24,25,26);2*1-15H/q;;2*+1/p-2. The summed E-state index contributed by atoms with van der Waals surface area (Å²) in [6.45, 7) is -3.94. The summed E-state index contributed by atoms with van der Waals surface area (Å²) in [5.41, 5.74) is 0.474. The number of carbonyl (C=O) groups excluding carboxylic acids is 6. The van der Waals surface area contributed by atoms with Gasteiger partial charge in [0.25, 0.3) is 0 Å². The lowest BCUT2D eigenvalue weighted by molar-refractivity contribution is -0.161. The number of benzene rings is 9. The fourth-order valence-electron chi connectivity index (χ4n) is 14.0. The first-order chi connectivity index (χ1) is 48.9. The second-order valence-corrected chi connectivity index (χ2v) is 31.7. The monoisotopic (exact) mass is 1470 g/mol. The zero-order chi connectivity index (χ0) is 72.1. The molecule has 6 aliphatic rings. The van der Waals surface area contributed by atoms with Gasteiger partial charge in [-0.1, -0.05) is 158 Å². The van der Waals surface area contributed by atoms with Crippen LogP contribution in [0.1, 0.15) is 33.6 Å². The molecule has 526 valence electrons. The van der Waals surface area contributed by atoms with Crippen LogP contribution in [0.3, 0.4) is 0 Å². The van der Waals surface area contributed by atoms with Gasteiger partial charge in [0.1, 0.15) is 24.4 Å². The van der Waals surface area contributed by atoms with Gasteiger partial charge in [-0.05, 0) is 121 Å². The Balaban J connectivity index is 0.000000132. The lowest BCUT2D eigenvalue weighted by atomic mass is 9.78. The van der Waals surface area contributed by atoms with Crippen LogP contribution in [-0.2, 0) is 89.6 Å². The van der Waals surface area contributed by atoms with Crippen LogP contribution in [0.15, 0.2) is 284 Å². The normalized spacial score (nSPS) is 23.3. The molecule has 102 heavy (non-hydrogen) atoms. The maximum atomic E-state index is 13.4. The summed E-state index contributed by atoms with van der Waals surface area (Å²) >= 11 is 0. The van der Waals surface area contributed by atoms with Crippen molar-refractivity contribution in [1.29, 1.82) is 0 Å².